The van der Waals surface area contributed by atoms with Gasteiger partial charge in [0, 0.05) is 37.6 Å². The van der Waals surface area contributed by atoms with Gasteiger partial charge in [0.2, 0.25) is 0 Å². The minimum atomic E-state index is -4.86. The number of ether oxygens (including phenoxy) is 3. The molecule has 0 amide bonds. The number of nitrogens with zero attached hydrogens (tertiary/aromatic N) is 2. The van der Waals surface area contributed by atoms with Crippen molar-refractivity contribution in [1.82, 2.24) is 18.1 Å². The van der Waals surface area contributed by atoms with Gasteiger partial charge in [-0.25, -0.2) is 9.59 Å². The van der Waals surface area contributed by atoms with Gasteiger partial charge in [0.05, 0.1) is 37.2 Å². The molecule has 0 unspecified atom stereocenters. The molecule has 0 saturated carbocycles. The lowest BCUT2D eigenvalue weighted by Gasteiger charge is -2.28. The molecule has 0 aliphatic heterocycles. The van der Waals surface area contributed by atoms with Crippen molar-refractivity contribution in [2.75, 3.05) is 36.9 Å². The Morgan fingerprint density at radius 1 is 0.535 bits per heavy atom. The Labute approximate surface area is 404 Å². The summed E-state index contributed by atoms with van der Waals surface area (Å²) < 4.78 is 75.2. The Hall–Kier alpha value is -8.06. The zero-order valence-electron chi connectivity index (χ0n) is 37.0. The highest BCUT2D eigenvalue weighted by atomic mass is 32.2. The minimum Gasteiger partial charge on any atom is -0.481 e. The molecular formula is C42H48N10O17S2. The second kappa shape index (κ2) is 25.5. The van der Waals surface area contributed by atoms with Crippen LogP contribution in [0.3, 0.4) is 0 Å². The maximum absolute atomic E-state index is 13.6. The maximum Gasteiger partial charge on any atom is 0.343 e. The average molecular weight is 1030 g/mol. The van der Waals surface area contributed by atoms with Crippen LogP contribution in [0.1, 0.15) is 44.7 Å². The average Bonchev–Trinajstić information content (AvgIpc) is 3.29. The van der Waals surface area contributed by atoms with Crippen molar-refractivity contribution >= 4 is 79.5 Å². The van der Waals surface area contributed by atoms with E-state index in [-0.39, 0.29) is 54.3 Å². The molecule has 4 rings (SSSR count). The highest BCUT2D eigenvalue weighted by molar-refractivity contribution is 7.87. The van der Waals surface area contributed by atoms with Crippen LogP contribution in [0.15, 0.2) is 97.1 Å². The summed E-state index contributed by atoms with van der Waals surface area (Å²) in [5.74, 6) is -9.04. The third kappa shape index (κ3) is 17.8. The van der Waals surface area contributed by atoms with E-state index < -0.39 is 121 Å². The van der Waals surface area contributed by atoms with Gasteiger partial charge in [0.15, 0.2) is 11.9 Å². The molecule has 71 heavy (non-hydrogen) atoms. The number of rotatable bonds is 28. The van der Waals surface area contributed by atoms with Crippen molar-refractivity contribution in [1.29, 1.82) is 10.8 Å². The van der Waals surface area contributed by atoms with Gasteiger partial charge in [-0.3, -0.25) is 30.0 Å². The van der Waals surface area contributed by atoms with Crippen molar-refractivity contribution in [3.05, 3.63) is 119 Å². The van der Waals surface area contributed by atoms with Crippen LogP contribution in [-0.4, -0.2) is 132 Å². The summed E-state index contributed by atoms with van der Waals surface area (Å²) in [6.07, 6.45) is -2.41. The van der Waals surface area contributed by atoms with Crippen molar-refractivity contribution < 1.29 is 80.2 Å². The van der Waals surface area contributed by atoms with E-state index >= 15 is 0 Å². The first-order chi connectivity index (χ1) is 33.4. The van der Waals surface area contributed by atoms with Gasteiger partial charge in [-0.1, -0.05) is 24.3 Å². The first-order valence-corrected chi connectivity index (χ1v) is 23.4. The normalized spacial score (nSPS) is 12.3. The summed E-state index contributed by atoms with van der Waals surface area (Å²) >= 11 is 0. The Bertz CT molecular complexity index is 2610. The molecule has 0 spiro atoms. The van der Waals surface area contributed by atoms with E-state index in [4.69, 9.17) is 36.5 Å². The SMILES string of the molecule is N=C(N)Nc1ccc(C(=O)Oc2ccc(CNS(=O)(=O)N(CCOCCN([C@@H](CC(=O)O)C(=O)O)S(=O)(=O)NCc3ccc(OC(=O)c4ccc(NC(=N)N)cc4)cc3)[C@@H](CC(=O)O)C(=O)O)cc2)cc1. The second-order valence-corrected chi connectivity index (χ2v) is 18.1. The minimum absolute atomic E-state index is 0.0660. The van der Waals surface area contributed by atoms with Gasteiger partial charge in [-0.2, -0.15) is 34.9 Å². The molecule has 0 heterocycles. The molecule has 4 aromatic carbocycles. The molecule has 0 aliphatic carbocycles. The number of hydrogen-bond donors (Lipinski definition) is 12. The van der Waals surface area contributed by atoms with Crippen LogP contribution in [0.2, 0.25) is 0 Å². The summed E-state index contributed by atoms with van der Waals surface area (Å²) in [5.41, 5.74) is 12.3. The number of nitrogens with two attached hydrogens (primary N) is 2. The molecule has 2 atom stereocenters. The number of nitrogens with one attached hydrogen (secondary N) is 6. The molecular weight excluding hydrogens is 981 g/mol. The zero-order valence-corrected chi connectivity index (χ0v) is 38.6. The third-order valence-corrected chi connectivity index (χ3v) is 12.6. The van der Waals surface area contributed by atoms with Gasteiger partial charge in [0.1, 0.15) is 23.6 Å². The van der Waals surface area contributed by atoms with Crippen molar-refractivity contribution in [3.8, 4) is 11.5 Å². The fourth-order valence-corrected chi connectivity index (χ4v) is 8.80. The van der Waals surface area contributed by atoms with Crippen molar-refractivity contribution in [3.63, 3.8) is 0 Å². The number of hydrogen-bond acceptors (Lipinski definition) is 15. The van der Waals surface area contributed by atoms with Crippen LogP contribution in [0.5, 0.6) is 11.5 Å². The monoisotopic (exact) mass is 1030 g/mol. The van der Waals surface area contributed by atoms with Crippen LogP contribution in [-0.2, 0) is 57.4 Å². The largest absolute Gasteiger partial charge is 0.481 e. The Balaban J connectivity index is 1.39. The molecule has 4 aromatic rings. The first kappa shape index (κ1) is 55.5. The fraction of sp³-hybridized carbons (Fsp3) is 0.238. The Morgan fingerprint density at radius 3 is 1.14 bits per heavy atom. The number of carboxylic acids is 4. The van der Waals surface area contributed by atoms with E-state index in [1.54, 1.807) is 0 Å². The van der Waals surface area contributed by atoms with Crippen LogP contribution < -0.4 is 41.0 Å². The fourth-order valence-electron chi connectivity index (χ4n) is 6.14. The summed E-state index contributed by atoms with van der Waals surface area (Å²) in [4.78, 5) is 72.9. The highest BCUT2D eigenvalue weighted by Crippen LogP contribution is 2.20. The van der Waals surface area contributed by atoms with E-state index in [2.05, 4.69) is 20.1 Å². The van der Waals surface area contributed by atoms with E-state index in [1.165, 1.54) is 97.1 Å². The topological polar surface area (TPSA) is 434 Å². The first-order valence-electron chi connectivity index (χ1n) is 20.5. The van der Waals surface area contributed by atoms with Gasteiger partial charge in [-0.15, -0.1) is 0 Å². The number of anilines is 2. The summed E-state index contributed by atoms with van der Waals surface area (Å²) in [6, 6.07) is 18.2. The molecule has 14 N–H and O–H groups in total. The Kier molecular flexibility index (Phi) is 20.0. The lowest BCUT2D eigenvalue weighted by Crippen LogP contribution is -2.52. The van der Waals surface area contributed by atoms with Gasteiger partial charge in [0.25, 0.3) is 20.4 Å². The van der Waals surface area contributed by atoms with Crippen LogP contribution in [0, 0.1) is 10.8 Å². The van der Waals surface area contributed by atoms with Gasteiger partial charge >= 0.3 is 35.8 Å². The molecule has 0 radical (unpaired) electrons. The Morgan fingerprint density at radius 2 is 0.859 bits per heavy atom. The molecule has 27 nitrogen and oxygen atoms in total. The number of carbonyl (C=O) groups is 6. The number of aliphatic carboxylic acids is 4. The number of guanidine groups is 2. The molecule has 29 heteroatoms. The van der Waals surface area contributed by atoms with Gasteiger partial charge in [-0.05, 0) is 83.9 Å². The molecule has 0 aliphatic rings. The van der Waals surface area contributed by atoms with Gasteiger partial charge < -0.3 is 56.7 Å². The van der Waals surface area contributed by atoms with E-state index in [0.29, 0.717) is 11.4 Å². The predicted molar refractivity (Wildman–Crippen MR) is 250 cm³/mol. The second-order valence-electron chi connectivity index (χ2n) is 14.7. The lowest BCUT2D eigenvalue weighted by atomic mass is 10.2. The van der Waals surface area contributed by atoms with Crippen LogP contribution in [0.4, 0.5) is 11.4 Å². The molecule has 0 bridgehead atoms. The van der Waals surface area contributed by atoms with Crippen LogP contribution >= 0.6 is 0 Å². The third-order valence-electron chi connectivity index (χ3n) is 9.52. The van der Waals surface area contributed by atoms with Crippen molar-refractivity contribution in [2.45, 2.75) is 38.0 Å². The molecule has 0 fully saturated rings. The quantitative estimate of drug-likeness (QED) is 0.0122. The lowest BCUT2D eigenvalue weighted by molar-refractivity contribution is -0.148. The standard InChI is InChI=1S/C42H48N10O17S2/c43-41(44)49-29-9-5-27(6-10-29)39(61)68-31-13-1-25(2-14-31)23-47-70(63,64)51(33(37(57)58)21-35(53)54)17-19-67-20-18-52(34(38(59)60)22-36(55)56)71(65,66)48-24-26-3-15-32(16-4-26)69-40(62)28-7-11-30(12-8-28)50-42(45)46/h1-16,33-34,47-48H,17-24H2,(H,53,54)(H,55,56)(H,57,58)(H,59,60)(H4,43,44,49)(H4,45,46,50)/t33-,34-/m0/s1. The number of carboxylic acid groups (broad SMARTS) is 4. The molecule has 0 saturated heterocycles. The maximum atomic E-state index is 13.6. The summed E-state index contributed by atoms with van der Waals surface area (Å²) in [5, 5.41) is 58.2. The summed E-state index contributed by atoms with van der Waals surface area (Å²) in [6.45, 7) is -4.05. The zero-order chi connectivity index (χ0) is 52.5. The van der Waals surface area contributed by atoms with Crippen molar-refractivity contribution in [2.24, 2.45) is 11.5 Å². The van der Waals surface area contributed by atoms with E-state index in [0.717, 1.165) is 0 Å². The number of esters is 2. The highest BCUT2D eigenvalue weighted by Gasteiger charge is 2.38. The molecule has 0 aromatic heterocycles. The smallest absolute Gasteiger partial charge is 0.343 e. The predicted octanol–water partition coefficient (Wildman–Crippen LogP) is 0.581. The van der Waals surface area contributed by atoms with E-state index in [1.807, 2.05) is 0 Å². The molecule has 380 valence electrons. The number of benzene rings is 4. The van der Waals surface area contributed by atoms with E-state index in [9.17, 15) is 66.0 Å². The van der Waals surface area contributed by atoms with Crippen LogP contribution in [0.25, 0.3) is 0 Å². The summed E-state index contributed by atoms with van der Waals surface area (Å²) in [7, 11) is -9.72. The number of carbonyl (C=O) groups excluding carboxylic acids is 2.